The van der Waals surface area contributed by atoms with Crippen molar-refractivity contribution in [1.82, 2.24) is 0 Å². The van der Waals surface area contributed by atoms with Crippen LogP contribution in [0.1, 0.15) is 21.5 Å². The van der Waals surface area contributed by atoms with Gasteiger partial charge in [-0.2, -0.15) is 0 Å². The van der Waals surface area contributed by atoms with Crippen LogP contribution >= 0.6 is 7.14 Å². The normalized spacial score (nSPS) is 13.2. The molecule has 0 amide bonds. The van der Waals surface area contributed by atoms with Crippen LogP contribution in [0.5, 0.6) is 0 Å². The van der Waals surface area contributed by atoms with Gasteiger partial charge in [0.2, 0.25) is 12.7 Å². The van der Waals surface area contributed by atoms with Crippen molar-refractivity contribution in [2.24, 2.45) is 0 Å². The lowest BCUT2D eigenvalue weighted by Gasteiger charge is -2.21. The molecule has 0 fully saturated rings. The Morgan fingerprint density at radius 2 is 1.33 bits per heavy atom. The van der Waals surface area contributed by atoms with Crippen LogP contribution in [0.3, 0.4) is 0 Å². The number of carbonyl (C=O) groups excluding carboxylic acids is 1. The van der Waals surface area contributed by atoms with Gasteiger partial charge >= 0.3 is 0 Å². The smallest absolute Gasteiger partial charge is 0.230 e. The van der Waals surface area contributed by atoms with Crippen LogP contribution < -0.4 is 10.6 Å². The van der Waals surface area contributed by atoms with Crippen molar-refractivity contribution in [3.8, 4) is 0 Å². The van der Waals surface area contributed by atoms with E-state index >= 15 is 0 Å². The first kappa shape index (κ1) is 16.4. The van der Waals surface area contributed by atoms with E-state index < -0.39 is 7.14 Å². The highest BCUT2D eigenvalue weighted by atomic mass is 31.2. The molecule has 3 heteroatoms. The summed E-state index contributed by atoms with van der Waals surface area (Å²) in [6, 6.07) is 23.6. The molecule has 3 aromatic carbocycles. The molecule has 120 valence electrons. The van der Waals surface area contributed by atoms with E-state index in [1.165, 1.54) is 0 Å². The van der Waals surface area contributed by atoms with Crippen LogP contribution in [-0.4, -0.2) is 5.52 Å². The van der Waals surface area contributed by atoms with Gasteiger partial charge < -0.3 is 4.57 Å². The van der Waals surface area contributed by atoms with Gasteiger partial charge in [-0.25, -0.2) is 0 Å². The van der Waals surface area contributed by atoms with Gasteiger partial charge in [-0.15, -0.1) is 0 Å². The molecule has 0 saturated heterocycles. The van der Waals surface area contributed by atoms with E-state index in [4.69, 9.17) is 0 Å². The fourth-order valence-corrected chi connectivity index (χ4v) is 5.62. The second-order valence-electron chi connectivity index (χ2n) is 5.84. The Morgan fingerprint density at radius 3 is 1.96 bits per heavy atom. The zero-order valence-electron chi connectivity index (χ0n) is 13.8. The molecule has 0 heterocycles. The summed E-state index contributed by atoms with van der Waals surface area (Å²) in [5, 5.41) is 1.20. The fourth-order valence-electron chi connectivity index (χ4n) is 2.84. The molecule has 0 bridgehead atoms. The SMILES string of the molecule is Cc1cccc(P(=O)(C(=O)c2ccccc2)c2ccccc2)c1C. The number of aryl methyl sites for hydroxylation is 1. The number of rotatable bonds is 4. The van der Waals surface area contributed by atoms with Gasteiger partial charge in [0.25, 0.3) is 0 Å². The summed E-state index contributed by atoms with van der Waals surface area (Å²) in [5.41, 5.74) is 2.10. The molecule has 0 spiro atoms. The maximum atomic E-state index is 14.1. The fraction of sp³-hybridized carbons (Fsp3) is 0.0952. The molecule has 24 heavy (non-hydrogen) atoms. The van der Waals surface area contributed by atoms with Crippen molar-refractivity contribution in [2.75, 3.05) is 0 Å². The molecule has 0 aliphatic carbocycles. The van der Waals surface area contributed by atoms with Crippen molar-refractivity contribution < 1.29 is 9.36 Å². The predicted molar refractivity (Wildman–Crippen MR) is 100 cm³/mol. The van der Waals surface area contributed by atoms with E-state index in [-0.39, 0.29) is 5.52 Å². The minimum atomic E-state index is -3.44. The summed E-state index contributed by atoms with van der Waals surface area (Å²) in [6.45, 7) is 3.90. The summed E-state index contributed by atoms with van der Waals surface area (Å²) < 4.78 is 14.1. The number of hydrogen-bond acceptors (Lipinski definition) is 2. The second-order valence-corrected chi connectivity index (χ2v) is 8.46. The quantitative estimate of drug-likeness (QED) is 0.660. The van der Waals surface area contributed by atoms with Crippen LogP contribution in [0, 0.1) is 13.8 Å². The summed E-state index contributed by atoms with van der Waals surface area (Å²) in [4.78, 5) is 13.3. The van der Waals surface area contributed by atoms with E-state index in [1.54, 1.807) is 36.4 Å². The van der Waals surface area contributed by atoms with E-state index in [2.05, 4.69) is 0 Å². The maximum absolute atomic E-state index is 14.1. The van der Waals surface area contributed by atoms with Crippen LogP contribution in [0.15, 0.2) is 78.9 Å². The highest BCUT2D eigenvalue weighted by Crippen LogP contribution is 2.47. The van der Waals surface area contributed by atoms with Gasteiger partial charge in [0.05, 0.1) is 0 Å². The largest absolute Gasteiger partial charge is 0.305 e. The molecule has 0 aliphatic heterocycles. The van der Waals surface area contributed by atoms with E-state index in [0.717, 1.165) is 11.1 Å². The zero-order valence-corrected chi connectivity index (χ0v) is 14.7. The van der Waals surface area contributed by atoms with Gasteiger partial charge in [0.15, 0.2) is 0 Å². The number of hydrogen-bond donors (Lipinski definition) is 0. The second kappa shape index (κ2) is 6.59. The Labute approximate surface area is 142 Å². The molecule has 0 aromatic heterocycles. The standard InChI is InChI=1S/C21H19O2P/c1-16-10-9-15-20(17(16)2)24(23,19-13-7-4-8-14-19)21(22)18-11-5-3-6-12-18/h3-15H,1-2H3. The molecular formula is C21H19O2P. The van der Waals surface area contributed by atoms with Gasteiger partial charge in [-0.3, -0.25) is 4.79 Å². The third kappa shape index (κ3) is 2.74. The summed E-state index contributed by atoms with van der Waals surface area (Å²) in [7, 11) is -3.44. The number of benzene rings is 3. The lowest BCUT2D eigenvalue weighted by molar-refractivity contribution is 0.107. The topological polar surface area (TPSA) is 34.1 Å². The Balaban J connectivity index is 2.29. The van der Waals surface area contributed by atoms with Crippen molar-refractivity contribution in [3.05, 3.63) is 95.6 Å². The zero-order chi connectivity index (χ0) is 17.2. The average molecular weight is 334 g/mol. The summed E-state index contributed by atoms with van der Waals surface area (Å²) in [5.74, 6) is 0. The van der Waals surface area contributed by atoms with E-state index in [1.807, 2.05) is 56.3 Å². The van der Waals surface area contributed by atoms with Crippen molar-refractivity contribution in [2.45, 2.75) is 13.8 Å². The minimum Gasteiger partial charge on any atom is -0.305 e. The van der Waals surface area contributed by atoms with Crippen LogP contribution in [0.2, 0.25) is 0 Å². The third-order valence-electron chi connectivity index (χ3n) is 4.34. The van der Waals surface area contributed by atoms with E-state index in [0.29, 0.717) is 16.2 Å². The molecule has 3 rings (SSSR count). The van der Waals surface area contributed by atoms with Crippen molar-refractivity contribution >= 4 is 23.3 Å². The molecule has 0 N–H and O–H groups in total. The predicted octanol–water partition coefficient (Wildman–Crippen LogP) is 4.46. The Kier molecular flexibility index (Phi) is 4.51. The molecule has 1 atom stereocenters. The van der Waals surface area contributed by atoms with Gasteiger partial charge in [-0.05, 0) is 25.0 Å². The first-order chi connectivity index (χ1) is 11.5. The van der Waals surface area contributed by atoms with Crippen molar-refractivity contribution in [1.29, 1.82) is 0 Å². The number of carbonyl (C=O) groups is 1. The van der Waals surface area contributed by atoms with Gasteiger partial charge in [-0.1, -0.05) is 78.9 Å². The lowest BCUT2D eigenvalue weighted by Crippen LogP contribution is -2.25. The molecule has 0 saturated carbocycles. The first-order valence-corrected chi connectivity index (χ1v) is 9.58. The molecule has 0 radical (unpaired) electrons. The summed E-state index contributed by atoms with van der Waals surface area (Å²) >= 11 is 0. The third-order valence-corrected chi connectivity index (χ3v) is 7.36. The van der Waals surface area contributed by atoms with Crippen LogP contribution in [0.25, 0.3) is 0 Å². The lowest BCUT2D eigenvalue weighted by atomic mass is 10.1. The molecule has 1 unspecified atom stereocenters. The Bertz CT molecular complexity index is 915. The monoisotopic (exact) mass is 334 g/mol. The van der Waals surface area contributed by atoms with Gasteiger partial charge in [0, 0.05) is 16.2 Å². The van der Waals surface area contributed by atoms with Crippen molar-refractivity contribution in [3.63, 3.8) is 0 Å². The molecule has 3 aromatic rings. The van der Waals surface area contributed by atoms with Gasteiger partial charge in [0.1, 0.15) is 0 Å². The maximum Gasteiger partial charge on any atom is 0.230 e. The average Bonchev–Trinajstić information content (AvgIpc) is 2.64. The minimum absolute atomic E-state index is 0.317. The first-order valence-electron chi connectivity index (χ1n) is 7.87. The Hall–Kier alpha value is -2.44. The van der Waals surface area contributed by atoms with Crippen LogP contribution in [-0.2, 0) is 4.57 Å². The van der Waals surface area contributed by atoms with Crippen LogP contribution in [0.4, 0.5) is 0 Å². The molecule has 0 aliphatic rings. The molecular weight excluding hydrogens is 315 g/mol. The van der Waals surface area contributed by atoms with E-state index in [9.17, 15) is 9.36 Å². The Morgan fingerprint density at radius 1 is 0.750 bits per heavy atom. The summed E-state index contributed by atoms with van der Waals surface area (Å²) in [6.07, 6.45) is 0. The molecule has 2 nitrogen and oxygen atoms in total. The highest BCUT2D eigenvalue weighted by molar-refractivity contribution is 7.93. The highest BCUT2D eigenvalue weighted by Gasteiger charge is 2.37.